The van der Waals surface area contributed by atoms with E-state index in [1.165, 1.54) is 17.4 Å². The summed E-state index contributed by atoms with van der Waals surface area (Å²) in [5.41, 5.74) is 3.21. The number of benzene rings is 2. The minimum atomic E-state index is -0.202. The zero-order chi connectivity index (χ0) is 15.5. The molecule has 0 spiro atoms. The molecule has 0 radical (unpaired) electrons. The van der Waals surface area contributed by atoms with E-state index in [0.717, 1.165) is 27.8 Å². The molecule has 2 aromatic carbocycles. The van der Waals surface area contributed by atoms with Crippen LogP contribution >= 0.6 is 11.3 Å². The standard InChI is InChI=1S/C17H15FN2OS/c1-11-9-12(7-8-13(11)18)15-10-22-17(20-15)19-14-5-3-4-6-16(14)21-2/h3-10H,1-2H3,(H,19,20). The van der Waals surface area contributed by atoms with Crippen molar-refractivity contribution in [2.45, 2.75) is 6.92 Å². The third-order valence-electron chi connectivity index (χ3n) is 3.31. The number of hydrogen-bond donors (Lipinski definition) is 1. The smallest absolute Gasteiger partial charge is 0.187 e. The molecule has 0 aliphatic rings. The zero-order valence-corrected chi connectivity index (χ0v) is 13.1. The Balaban J connectivity index is 1.86. The lowest BCUT2D eigenvalue weighted by molar-refractivity contribution is 0.417. The number of anilines is 2. The Morgan fingerprint density at radius 2 is 2.00 bits per heavy atom. The molecule has 112 valence electrons. The Hall–Kier alpha value is -2.40. The predicted molar refractivity (Wildman–Crippen MR) is 88.5 cm³/mol. The summed E-state index contributed by atoms with van der Waals surface area (Å²) in [7, 11) is 1.63. The first-order chi connectivity index (χ1) is 10.7. The van der Waals surface area contributed by atoms with Crippen LogP contribution in [0, 0.1) is 12.7 Å². The van der Waals surface area contributed by atoms with E-state index >= 15 is 0 Å². The number of para-hydroxylation sites is 2. The van der Waals surface area contributed by atoms with E-state index in [9.17, 15) is 4.39 Å². The van der Waals surface area contributed by atoms with Crippen molar-refractivity contribution >= 4 is 22.2 Å². The molecular weight excluding hydrogens is 299 g/mol. The van der Waals surface area contributed by atoms with Crippen molar-refractivity contribution in [2.75, 3.05) is 12.4 Å². The molecule has 0 bridgehead atoms. The summed E-state index contributed by atoms with van der Waals surface area (Å²) in [4.78, 5) is 4.55. The third kappa shape index (κ3) is 2.94. The van der Waals surface area contributed by atoms with E-state index < -0.39 is 0 Å². The Morgan fingerprint density at radius 3 is 2.77 bits per heavy atom. The maximum Gasteiger partial charge on any atom is 0.187 e. The minimum Gasteiger partial charge on any atom is -0.495 e. The van der Waals surface area contributed by atoms with E-state index in [-0.39, 0.29) is 5.82 Å². The van der Waals surface area contributed by atoms with Gasteiger partial charge in [0.1, 0.15) is 11.6 Å². The van der Waals surface area contributed by atoms with E-state index in [1.807, 2.05) is 29.6 Å². The fraction of sp³-hybridized carbons (Fsp3) is 0.118. The zero-order valence-electron chi connectivity index (χ0n) is 12.3. The lowest BCUT2D eigenvalue weighted by Gasteiger charge is -2.08. The van der Waals surface area contributed by atoms with Crippen LogP contribution in [0.25, 0.3) is 11.3 Å². The predicted octanol–water partition coefficient (Wildman–Crippen LogP) is 5.01. The van der Waals surface area contributed by atoms with Crippen LogP contribution in [0.15, 0.2) is 47.8 Å². The van der Waals surface area contributed by atoms with Crippen molar-refractivity contribution in [3.05, 3.63) is 59.2 Å². The average Bonchev–Trinajstić information content (AvgIpc) is 2.99. The molecule has 0 saturated carbocycles. The van der Waals surface area contributed by atoms with Crippen LogP contribution in [-0.2, 0) is 0 Å². The van der Waals surface area contributed by atoms with Crippen molar-refractivity contribution in [2.24, 2.45) is 0 Å². The van der Waals surface area contributed by atoms with Crippen molar-refractivity contribution in [3.8, 4) is 17.0 Å². The normalized spacial score (nSPS) is 10.5. The molecule has 1 N–H and O–H groups in total. The van der Waals surface area contributed by atoms with Crippen LogP contribution in [0.5, 0.6) is 5.75 Å². The van der Waals surface area contributed by atoms with Crippen LogP contribution in [0.4, 0.5) is 15.2 Å². The number of rotatable bonds is 4. The van der Waals surface area contributed by atoms with Crippen molar-refractivity contribution in [3.63, 3.8) is 0 Å². The van der Waals surface area contributed by atoms with Gasteiger partial charge in [-0.05, 0) is 42.8 Å². The number of nitrogens with one attached hydrogen (secondary N) is 1. The van der Waals surface area contributed by atoms with Gasteiger partial charge in [-0.1, -0.05) is 12.1 Å². The first-order valence-corrected chi connectivity index (χ1v) is 7.67. The molecule has 3 rings (SSSR count). The van der Waals surface area contributed by atoms with E-state index in [4.69, 9.17) is 4.74 Å². The Kier molecular flexibility index (Phi) is 4.06. The van der Waals surface area contributed by atoms with Gasteiger partial charge in [-0.15, -0.1) is 11.3 Å². The lowest BCUT2D eigenvalue weighted by atomic mass is 10.1. The molecule has 0 fully saturated rings. The molecule has 0 unspecified atom stereocenters. The molecule has 5 heteroatoms. The molecule has 3 nitrogen and oxygen atoms in total. The van der Waals surface area contributed by atoms with Gasteiger partial charge in [0, 0.05) is 10.9 Å². The topological polar surface area (TPSA) is 34.1 Å². The molecule has 0 atom stereocenters. The molecule has 1 aromatic heterocycles. The summed E-state index contributed by atoms with van der Waals surface area (Å²) in [6.07, 6.45) is 0. The molecule has 0 aliphatic carbocycles. The number of aromatic nitrogens is 1. The summed E-state index contributed by atoms with van der Waals surface area (Å²) in [5.74, 6) is 0.559. The van der Waals surface area contributed by atoms with Crippen molar-refractivity contribution < 1.29 is 9.13 Å². The van der Waals surface area contributed by atoms with Crippen molar-refractivity contribution in [1.29, 1.82) is 0 Å². The molecular formula is C17H15FN2OS. The Bertz CT molecular complexity index is 801. The number of methoxy groups -OCH3 is 1. The van der Waals surface area contributed by atoms with Gasteiger partial charge < -0.3 is 10.1 Å². The van der Waals surface area contributed by atoms with Crippen LogP contribution in [0.1, 0.15) is 5.56 Å². The summed E-state index contributed by atoms with van der Waals surface area (Å²) in [6.45, 7) is 1.75. The number of ether oxygens (including phenoxy) is 1. The number of halogens is 1. The highest BCUT2D eigenvalue weighted by Crippen LogP contribution is 2.31. The average molecular weight is 314 g/mol. The van der Waals surface area contributed by atoms with Gasteiger partial charge in [-0.25, -0.2) is 9.37 Å². The van der Waals surface area contributed by atoms with Gasteiger partial charge in [0.2, 0.25) is 0 Å². The summed E-state index contributed by atoms with van der Waals surface area (Å²) < 4.78 is 18.7. The molecule has 3 aromatic rings. The third-order valence-corrected chi connectivity index (χ3v) is 4.06. The highest BCUT2D eigenvalue weighted by Gasteiger charge is 2.08. The number of thiazole rings is 1. The van der Waals surface area contributed by atoms with Gasteiger partial charge in [-0.2, -0.15) is 0 Å². The summed E-state index contributed by atoms with van der Waals surface area (Å²) in [5, 5.41) is 5.96. The largest absolute Gasteiger partial charge is 0.495 e. The Labute approximate surface area is 132 Å². The van der Waals surface area contributed by atoms with Crippen molar-refractivity contribution in [1.82, 2.24) is 4.98 Å². The molecule has 1 heterocycles. The first kappa shape index (κ1) is 14.5. The maximum atomic E-state index is 13.3. The van der Waals surface area contributed by atoms with E-state index in [2.05, 4.69) is 10.3 Å². The van der Waals surface area contributed by atoms with Gasteiger partial charge in [0.15, 0.2) is 5.13 Å². The molecule has 22 heavy (non-hydrogen) atoms. The monoisotopic (exact) mass is 314 g/mol. The SMILES string of the molecule is COc1ccccc1Nc1nc(-c2ccc(F)c(C)c2)cs1. The number of nitrogens with zero attached hydrogens (tertiary/aromatic N) is 1. The van der Waals surface area contributed by atoms with Crippen LogP contribution < -0.4 is 10.1 Å². The highest BCUT2D eigenvalue weighted by atomic mass is 32.1. The number of hydrogen-bond acceptors (Lipinski definition) is 4. The summed E-state index contributed by atoms with van der Waals surface area (Å²) in [6, 6.07) is 12.7. The lowest BCUT2D eigenvalue weighted by Crippen LogP contribution is -1.93. The number of aryl methyl sites for hydroxylation is 1. The highest BCUT2D eigenvalue weighted by molar-refractivity contribution is 7.14. The molecule has 0 aliphatic heterocycles. The van der Waals surface area contributed by atoms with Gasteiger partial charge in [0.25, 0.3) is 0 Å². The van der Waals surface area contributed by atoms with Crippen LogP contribution in [-0.4, -0.2) is 12.1 Å². The van der Waals surface area contributed by atoms with Gasteiger partial charge in [0.05, 0.1) is 18.5 Å². The fourth-order valence-electron chi connectivity index (χ4n) is 2.13. The Morgan fingerprint density at radius 1 is 1.18 bits per heavy atom. The minimum absolute atomic E-state index is 0.202. The second-order valence-electron chi connectivity index (χ2n) is 4.83. The maximum absolute atomic E-state index is 13.3. The van der Waals surface area contributed by atoms with Gasteiger partial charge in [-0.3, -0.25) is 0 Å². The van der Waals surface area contributed by atoms with Crippen LogP contribution in [0.2, 0.25) is 0 Å². The fourth-order valence-corrected chi connectivity index (χ4v) is 2.86. The second-order valence-corrected chi connectivity index (χ2v) is 5.69. The second kappa shape index (κ2) is 6.15. The van der Waals surface area contributed by atoms with E-state index in [1.54, 1.807) is 26.2 Å². The molecule has 0 amide bonds. The summed E-state index contributed by atoms with van der Waals surface area (Å²) >= 11 is 1.50. The first-order valence-electron chi connectivity index (χ1n) is 6.79. The quantitative estimate of drug-likeness (QED) is 0.735. The van der Waals surface area contributed by atoms with Crippen LogP contribution in [0.3, 0.4) is 0 Å². The van der Waals surface area contributed by atoms with Gasteiger partial charge >= 0.3 is 0 Å². The molecule has 0 saturated heterocycles. The van der Waals surface area contributed by atoms with E-state index in [0.29, 0.717) is 5.56 Å².